The monoisotopic (exact) mass is 302 g/mol. The summed E-state index contributed by atoms with van der Waals surface area (Å²) in [6.07, 6.45) is 3.44. The molecular weight excluding hydrogens is 292 g/mol. The van der Waals surface area contributed by atoms with Gasteiger partial charge in [0, 0.05) is 23.9 Å². The number of pyridine rings is 2. The van der Waals surface area contributed by atoms with Crippen LogP contribution in [0.3, 0.4) is 0 Å². The van der Waals surface area contributed by atoms with Crippen LogP contribution in [-0.2, 0) is 6.54 Å². The van der Waals surface area contributed by atoms with Gasteiger partial charge in [-0.25, -0.2) is 4.98 Å². The molecule has 0 unspecified atom stereocenters. The Morgan fingerprint density at radius 1 is 1.39 bits per heavy atom. The van der Waals surface area contributed by atoms with E-state index in [0.717, 1.165) is 10.2 Å². The van der Waals surface area contributed by atoms with Gasteiger partial charge in [-0.15, -0.1) is 0 Å². The number of halogens is 1. The van der Waals surface area contributed by atoms with Crippen molar-refractivity contribution in [1.82, 2.24) is 9.97 Å². The van der Waals surface area contributed by atoms with Gasteiger partial charge >= 0.3 is 0 Å². The lowest BCUT2D eigenvalue weighted by molar-refractivity contribution is 0.863. The molecule has 0 bridgehead atoms. The third kappa shape index (κ3) is 2.84. The maximum atomic E-state index is 9.10. The van der Waals surface area contributed by atoms with E-state index in [9.17, 15) is 0 Å². The van der Waals surface area contributed by atoms with Gasteiger partial charge < -0.3 is 4.90 Å². The van der Waals surface area contributed by atoms with E-state index < -0.39 is 0 Å². The molecule has 2 rings (SSSR count). The number of rotatable bonds is 3. The zero-order valence-electron chi connectivity index (χ0n) is 9.84. The first-order chi connectivity index (χ1) is 8.70. The van der Waals surface area contributed by atoms with Gasteiger partial charge in [0.25, 0.3) is 0 Å². The number of nitriles is 1. The number of hydrogen-bond donors (Lipinski definition) is 0. The number of hydrogen-bond acceptors (Lipinski definition) is 4. The minimum Gasteiger partial charge on any atom is -0.353 e. The average molecular weight is 303 g/mol. The van der Waals surface area contributed by atoms with Crippen LogP contribution >= 0.6 is 15.9 Å². The molecule has 0 aromatic carbocycles. The fourth-order valence-corrected chi connectivity index (χ4v) is 1.96. The van der Waals surface area contributed by atoms with Crippen molar-refractivity contribution in [3.8, 4) is 6.07 Å². The highest BCUT2D eigenvalue weighted by Gasteiger charge is 2.10. The van der Waals surface area contributed by atoms with Crippen LogP contribution in [0.2, 0.25) is 0 Å². The molecule has 0 spiro atoms. The van der Waals surface area contributed by atoms with E-state index in [1.807, 2.05) is 30.1 Å². The van der Waals surface area contributed by atoms with E-state index in [-0.39, 0.29) is 0 Å². The normalized spacial score (nSPS) is 9.83. The van der Waals surface area contributed by atoms with E-state index in [0.29, 0.717) is 17.9 Å². The Balaban J connectivity index is 2.24. The molecule has 0 N–H and O–H groups in total. The van der Waals surface area contributed by atoms with Gasteiger partial charge in [0.05, 0.1) is 17.8 Å². The highest BCUT2D eigenvalue weighted by atomic mass is 79.9. The molecule has 0 saturated carbocycles. The van der Waals surface area contributed by atoms with Crippen molar-refractivity contribution < 1.29 is 0 Å². The average Bonchev–Trinajstić information content (AvgIpc) is 2.39. The van der Waals surface area contributed by atoms with Gasteiger partial charge in [0.2, 0.25) is 0 Å². The van der Waals surface area contributed by atoms with Crippen molar-refractivity contribution in [3.63, 3.8) is 0 Å². The van der Waals surface area contributed by atoms with Gasteiger partial charge in [0.15, 0.2) is 0 Å². The minimum atomic E-state index is 0.544. The second-order valence-corrected chi connectivity index (χ2v) is 4.73. The molecule has 18 heavy (non-hydrogen) atoms. The second kappa shape index (κ2) is 5.61. The summed E-state index contributed by atoms with van der Waals surface area (Å²) in [7, 11) is 1.89. The SMILES string of the molecule is CN(Cc1ccccn1)c1ncc(Br)cc1C#N. The van der Waals surface area contributed by atoms with Crippen LogP contribution in [0.25, 0.3) is 0 Å². The zero-order valence-corrected chi connectivity index (χ0v) is 11.4. The van der Waals surface area contributed by atoms with Crippen molar-refractivity contribution in [2.24, 2.45) is 0 Å². The maximum absolute atomic E-state index is 9.10. The first kappa shape index (κ1) is 12.5. The van der Waals surface area contributed by atoms with Crippen LogP contribution in [0, 0.1) is 11.3 Å². The molecule has 0 saturated heterocycles. The van der Waals surface area contributed by atoms with E-state index in [2.05, 4.69) is 32.0 Å². The second-order valence-electron chi connectivity index (χ2n) is 3.81. The fourth-order valence-electron chi connectivity index (χ4n) is 1.63. The quantitative estimate of drug-likeness (QED) is 0.875. The zero-order chi connectivity index (χ0) is 13.0. The summed E-state index contributed by atoms with van der Waals surface area (Å²) in [6.45, 7) is 0.615. The van der Waals surface area contributed by atoms with Gasteiger partial charge in [-0.2, -0.15) is 5.26 Å². The minimum absolute atomic E-state index is 0.544. The Kier molecular flexibility index (Phi) is 3.90. The van der Waals surface area contributed by atoms with Crippen LogP contribution in [0.1, 0.15) is 11.3 Å². The van der Waals surface area contributed by atoms with Crippen LogP contribution in [-0.4, -0.2) is 17.0 Å². The molecule has 0 amide bonds. The predicted octanol–water partition coefficient (Wildman–Crippen LogP) is 2.75. The van der Waals surface area contributed by atoms with Crippen LogP contribution in [0.5, 0.6) is 0 Å². The van der Waals surface area contributed by atoms with E-state index >= 15 is 0 Å². The van der Waals surface area contributed by atoms with Crippen LogP contribution in [0.4, 0.5) is 5.82 Å². The van der Waals surface area contributed by atoms with Gasteiger partial charge in [-0.1, -0.05) is 6.07 Å². The molecule has 2 heterocycles. The van der Waals surface area contributed by atoms with Gasteiger partial charge in [-0.3, -0.25) is 4.98 Å². The topological polar surface area (TPSA) is 52.8 Å². The predicted molar refractivity (Wildman–Crippen MR) is 73.0 cm³/mol. The molecule has 0 atom stereocenters. The Morgan fingerprint density at radius 2 is 2.22 bits per heavy atom. The fraction of sp³-hybridized carbons (Fsp3) is 0.154. The lowest BCUT2D eigenvalue weighted by atomic mass is 10.2. The van der Waals surface area contributed by atoms with Gasteiger partial charge in [0.1, 0.15) is 11.9 Å². The van der Waals surface area contributed by atoms with Crippen molar-refractivity contribution in [2.75, 3.05) is 11.9 Å². The largest absolute Gasteiger partial charge is 0.353 e. The molecule has 2 aromatic heterocycles. The van der Waals surface area contributed by atoms with E-state index in [4.69, 9.17) is 5.26 Å². The van der Waals surface area contributed by atoms with Crippen molar-refractivity contribution in [2.45, 2.75) is 6.54 Å². The lowest BCUT2D eigenvalue weighted by Gasteiger charge is -2.18. The first-order valence-corrected chi connectivity index (χ1v) is 6.16. The number of nitrogens with zero attached hydrogens (tertiary/aromatic N) is 4. The Hall–Kier alpha value is -1.93. The van der Waals surface area contributed by atoms with Crippen molar-refractivity contribution in [3.05, 3.63) is 52.4 Å². The number of anilines is 1. The molecule has 0 aliphatic heterocycles. The Labute approximate surface area is 114 Å². The third-order valence-electron chi connectivity index (χ3n) is 2.44. The summed E-state index contributed by atoms with van der Waals surface area (Å²) in [5, 5.41) is 9.10. The van der Waals surface area contributed by atoms with Gasteiger partial charge in [-0.05, 0) is 34.1 Å². The lowest BCUT2D eigenvalue weighted by Crippen LogP contribution is -2.19. The summed E-state index contributed by atoms with van der Waals surface area (Å²) in [5.41, 5.74) is 1.48. The molecule has 4 nitrogen and oxygen atoms in total. The highest BCUT2D eigenvalue weighted by Crippen LogP contribution is 2.20. The molecule has 0 radical (unpaired) electrons. The summed E-state index contributed by atoms with van der Waals surface area (Å²) < 4.78 is 0.800. The summed E-state index contributed by atoms with van der Waals surface area (Å²) >= 11 is 3.31. The Bertz CT molecular complexity index is 577. The number of aromatic nitrogens is 2. The molecule has 0 aliphatic rings. The standard InChI is InChI=1S/C13H11BrN4/c1-18(9-12-4-2-3-5-16-12)13-10(7-15)6-11(14)8-17-13/h2-6,8H,9H2,1H3. The van der Waals surface area contributed by atoms with E-state index in [1.165, 1.54) is 0 Å². The van der Waals surface area contributed by atoms with E-state index in [1.54, 1.807) is 18.5 Å². The molecule has 90 valence electrons. The van der Waals surface area contributed by atoms with Crippen molar-refractivity contribution >= 4 is 21.7 Å². The van der Waals surface area contributed by atoms with Crippen LogP contribution < -0.4 is 4.90 Å². The molecule has 0 fully saturated rings. The van der Waals surface area contributed by atoms with Crippen LogP contribution in [0.15, 0.2) is 41.1 Å². The summed E-state index contributed by atoms with van der Waals surface area (Å²) in [5.74, 6) is 0.659. The molecule has 5 heteroatoms. The maximum Gasteiger partial charge on any atom is 0.146 e. The van der Waals surface area contributed by atoms with Crippen molar-refractivity contribution in [1.29, 1.82) is 5.26 Å². The highest BCUT2D eigenvalue weighted by molar-refractivity contribution is 9.10. The third-order valence-corrected chi connectivity index (χ3v) is 2.87. The smallest absolute Gasteiger partial charge is 0.146 e. The first-order valence-electron chi connectivity index (χ1n) is 5.37. The molecule has 2 aromatic rings. The summed E-state index contributed by atoms with van der Waals surface area (Å²) in [6, 6.07) is 9.67. The summed E-state index contributed by atoms with van der Waals surface area (Å²) in [4.78, 5) is 10.4. The Morgan fingerprint density at radius 3 is 2.89 bits per heavy atom. The molecular formula is C13H11BrN4. The molecule has 0 aliphatic carbocycles.